The molecule has 0 bridgehead atoms. The van der Waals surface area contributed by atoms with Gasteiger partial charge < -0.3 is 10.4 Å². The number of nitrogens with one attached hydrogen (secondary N) is 1. The SMILES string of the molecule is Cc1cc(-c2nn3cc([C@@H]4CCNC[C@@H]4O)nc3s2)cc2cn(C)nc12. The van der Waals surface area contributed by atoms with E-state index in [1.165, 1.54) is 0 Å². The lowest BCUT2D eigenvalue weighted by molar-refractivity contribution is 0.117. The van der Waals surface area contributed by atoms with E-state index in [9.17, 15) is 5.11 Å². The number of β-amino-alcohol motifs (C(OH)–C–C–N with tert-alkyl or cyclic N) is 1. The average Bonchev–Trinajstić information content (AvgIpc) is 3.27. The fourth-order valence-electron chi connectivity index (χ4n) is 3.75. The van der Waals surface area contributed by atoms with Crippen molar-refractivity contribution in [1.82, 2.24) is 29.7 Å². The topological polar surface area (TPSA) is 80.3 Å². The number of aryl methyl sites for hydroxylation is 2. The molecule has 1 aliphatic rings. The molecule has 0 aliphatic carbocycles. The highest BCUT2D eigenvalue weighted by Gasteiger charge is 2.27. The van der Waals surface area contributed by atoms with Gasteiger partial charge in [-0.25, -0.2) is 9.50 Å². The number of fused-ring (bicyclic) bond motifs is 2. The van der Waals surface area contributed by atoms with Crippen LogP contribution >= 0.6 is 11.3 Å². The monoisotopic (exact) mass is 368 g/mol. The molecular weight excluding hydrogens is 348 g/mol. The van der Waals surface area contributed by atoms with Gasteiger partial charge in [0.1, 0.15) is 5.01 Å². The Balaban J connectivity index is 1.53. The van der Waals surface area contributed by atoms with E-state index in [2.05, 4.69) is 29.5 Å². The van der Waals surface area contributed by atoms with Crippen molar-refractivity contribution in [2.75, 3.05) is 13.1 Å². The van der Waals surface area contributed by atoms with Crippen LogP contribution in [0.5, 0.6) is 0 Å². The van der Waals surface area contributed by atoms with Crippen molar-refractivity contribution >= 4 is 27.2 Å². The van der Waals surface area contributed by atoms with Crippen LogP contribution in [0.3, 0.4) is 0 Å². The minimum atomic E-state index is -0.386. The maximum Gasteiger partial charge on any atom is 0.212 e. The molecule has 134 valence electrons. The van der Waals surface area contributed by atoms with Crippen LogP contribution in [0.25, 0.3) is 26.4 Å². The Morgan fingerprint density at radius 2 is 2.15 bits per heavy atom. The van der Waals surface area contributed by atoms with Gasteiger partial charge in [0.25, 0.3) is 0 Å². The number of nitrogens with zero attached hydrogens (tertiary/aromatic N) is 5. The molecule has 5 rings (SSSR count). The second-order valence-corrected chi connectivity index (χ2v) is 7.96. The lowest BCUT2D eigenvalue weighted by Crippen LogP contribution is -2.39. The van der Waals surface area contributed by atoms with E-state index < -0.39 is 0 Å². The fraction of sp³-hybridized carbons (Fsp3) is 0.389. The highest BCUT2D eigenvalue weighted by molar-refractivity contribution is 7.19. The number of rotatable bonds is 2. The Hall–Kier alpha value is -2.29. The Bertz CT molecular complexity index is 1080. The van der Waals surface area contributed by atoms with Crippen molar-refractivity contribution in [1.29, 1.82) is 0 Å². The summed E-state index contributed by atoms with van der Waals surface area (Å²) in [6.07, 6.45) is 4.50. The van der Waals surface area contributed by atoms with Crippen LogP contribution in [0.2, 0.25) is 0 Å². The van der Waals surface area contributed by atoms with E-state index in [4.69, 9.17) is 10.1 Å². The van der Waals surface area contributed by atoms with Gasteiger partial charge in [0, 0.05) is 36.7 Å². The van der Waals surface area contributed by atoms with E-state index in [0.717, 1.165) is 50.7 Å². The Morgan fingerprint density at radius 1 is 1.27 bits per heavy atom. The van der Waals surface area contributed by atoms with Crippen LogP contribution in [0.15, 0.2) is 24.5 Å². The van der Waals surface area contributed by atoms with Gasteiger partial charge in [-0.05, 0) is 37.6 Å². The summed E-state index contributed by atoms with van der Waals surface area (Å²) in [7, 11) is 1.94. The maximum atomic E-state index is 10.2. The molecule has 1 fully saturated rings. The standard InChI is InChI=1S/C18H20N6OS/c1-10-5-11(6-12-8-23(2)21-16(10)12)17-22-24-9-14(20-18(24)26-17)13-3-4-19-7-15(13)25/h5-6,8-9,13,15,19,25H,3-4,7H2,1-2H3/t13-,15-/m0/s1. The van der Waals surface area contributed by atoms with Gasteiger partial charge >= 0.3 is 0 Å². The second-order valence-electron chi connectivity index (χ2n) is 7.00. The smallest absolute Gasteiger partial charge is 0.212 e. The quantitative estimate of drug-likeness (QED) is 0.566. The molecule has 7 nitrogen and oxygen atoms in total. The molecule has 4 aromatic rings. The Kier molecular flexibility index (Phi) is 3.59. The van der Waals surface area contributed by atoms with Gasteiger partial charge in [-0.2, -0.15) is 10.2 Å². The zero-order valence-corrected chi connectivity index (χ0v) is 15.5. The van der Waals surface area contributed by atoms with Crippen LogP contribution in [0, 0.1) is 6.92 Å². The number of aliphatic hydroxyl groups excluding tert-OH is 1. The molecule has 8 heteroatoms. The van der Waals surface area contributed by atoms with Crippen molar-refractivity contribution < 1.29 is 5.11 Å². The number of piperidine rings is 1. The second kappa shape index (κ2) is 5.87. The molecule has 1 saturated heterocycles. The van der Waals surface area contributed by atoms with Gasteiger partial charge in [-0.1, -0.05) is 11.3 Å². The average molecular weight is 368 g/mol. The molecule has 0 saturated carbocycles. The molecule has 2 N–H and O–H groups in total. The lowest BCUT2D eigenvalue weighted by Gasteiger charge is -2.26. The normalized spacial score (nSPS) is 21.0. The first-order valence-corrected chi connectivity index (χ1v) is 9.59. The molecule has 1 aromatic carbocycles. The Morgan fingerprint density at radius 3 is 2.96 bits per heavy atom. The number of benzene rings is 1. The first-order valence-electron chi connectivity index (χ1n) is 8.78. The first-order chi connectivity index (χ1) is 12.6. The highest BCUT2D eigenvalue weighted by Crippen LogP contribution is 2.32. The fourth-order valence-corrected chi connectivity index (χ4v) is 4.63. The zero-order chi connectivity index (χ0) is 17.8. The molecule has 0 amide bonds. The van der Waals surface area contributed by atoms with Crippen LogP contribution in [0.1, 0.15) is 23.6 Å². The molecule has 4 heterocycles. The molecular formula is C18H20N6OS. The van der Waals surface area contributed by atoms with Crippen molar-refractivity contribution in [3.05, 3.63) is 35.8 Å². The highest BCUT2D eigenvalue weighted by atomic mass is 32.1. The molecule has 0 radical (unpaired) electrons. The van der Waals surface area contributed by atoms with Crippen LogP contribution in [-0.4, -0.2) is 48.7 Å². The van der Waals surface area contributed by atoms with Crippen LogP contribution in [-0.2, 0) is 7.05 Å². The first kappa shape index (κ1) is 15.9. The lowest BCUT2D eigenvalue weighted by atomic mass is 9.92. The summed E-state index contributed by atoms with van der Waals surface area (Å²) < 4.78 is 3.68. The van der Waals surface area contributed by atoms with Crippen molar-refractivity contribution in [2.24, 2.45) is 7.05 Å². The van der Waals surface area contributed by atoms with E-state index in [0.29, 0.717) is 6.54 Å². The van der Waals surface area contributed by atoms with Gasteiger partial charge in [0.05, 0.1) is 23.5 Å². The molecule has 2 atom stereocenters. The van der Waals surface area contributed by atoms with E-state index in [1.54, 1.807) is 11.3 Å². The summed E-state index contributed by atoms with van der Waals surface area (Å²) in [5.74, 6) is 0.0857. The maximum absolute atomic E-state index is 10.2. The summed E-state index contributed by atoms with van der Waals surface area (Å²) in [6.45, 7) is 3.61. The minimum absolute atomic E-state index is 0.0857. The number of hydrogen-bond acceptors (Lipinski definition) is 6. The largest absolute Gasteiger partial charge is 0.391 e. The molecule has 26 heavy (non-hydrogen) atoms. The van der Waals surface area contributed by atoms with Gasteiger partial charge in [-0.3, -0.25) is 4.68 Å². The third kappa shape index (κ3) is 2.53. The van der Waals surface area contributed by atoms with E-state index in [1.807, 2.05) is 28.6 Å². The number of imidazole rings is 1. The number of aromatic nitrogens is 5. The Labute approximate surface area is 154 Å². The summed E-state index contributed by atoms with van der Waals surface area (Å²) in [4.78, 5) is 5.60. The minimum Gasteiger partial charge on any atom is -0.391 e. The summed E-state index contributed by atoms with van der Waals surface area (Å²) >= 11 is 1.58. The summed E-state index contributed by atoms with van der Waals surface area (Å²) in [6, 6.07) is 4.26. The zero-order valence-electron chi connectivity index (χ0n) is 14.7. The van der Waals surface area contributed by atoms with Crippen molar-refractivity contribution in [3.8, 4) is 10.6 Å². The van der Waals surface area contributed by atoms with Gasteiger partial charge in [0.2, 0.25) is 4.96 Å². The molecule has 3 aromatic heterocycles. The van der Waals surface area contributed by atoms with Crippen LogP contribution in [0.4, 0.5) is 0 Å². The molecule has 0 spiro atoms. The molecule has 0 unspecified atom stereocenters. The van der Waals surface area contributed by atoms with Gasteiger partial charge in [-0.15, -0.1) is 0 Å². The van der Waals surface area contributed by atoms with Crippen molar-refractivity contribution in [2.45, 2.75) is 25.4 Å². The molecule has 1 aliphatic heterocycles. The number of hydrogen-bond donors (Lipinski definition) is 2. The van der Waals surface area contributed by atoms with E-state index in [-0.39, 0.29) is 12.0 Å². The third-order valence-corrected chi connectivity index (χ3v) is 6.02. The summed E-state index contributed by atoms with van der Waals surface area (Å²) in [5, 5.41) is 24.7. The number of aliphatic hydroxyl groups is 1. The predicted molar refractivity (Wildman–Crippen MR) is 102 cm³/mol. The third-order valence-electron chi connectivity index (χ3n) is 5.05. The van der Waals surface area contributed by atoms with Gasteiger partial charge in [0.15, 0.2) is 0 Å². The van der Waals surface area contributed by atoms with E-state index >= 15 is 0 Å². The summed E-state index contributed by atoms with van der Waals surface area (Å²) in [5.41, 5.74) is 4.19. The van der Waals surface area contributed by atoms with Crippen LogP contribution < -0.4 is 5.32 Å². The van der Waals surface area contributed by atoms with Crippen molar-refractivity contribution in [3.63, 3.8) is 0 Å². The predicted octanol–water partition coefficient (Wildman–Crippen LogP) is 2.09.